The van der Waals surface area contributed by atoms with Gasteiger partial charge in [-0.2, -0.15) is 0 Å². The molecule has 4 heteroatoms. The molecule has 0 aliphatic heterocycles. The van der Waals surface area contributed by atoms with Gasteiger partial charge in [-0.05, 0) is 51.6 Å². The van der Waals surface area contributed by atoms with Crippen LogP contribution in [-0.2, 0) is 4.57 Å². The van der Waals surface area contributed by atoms with Crippen LogP contribution in [0.2, 0.25) is 0 Å². The third-order valence-corrected chi connectivity index (χ3v) is 11.3. The lowest BCUT2D eigenvalue weighted by molar-refractivity contribution is 0.592. The van der Waals surface area contributed by atoms with Gasteiger partial charge in [0.25, 0.3) is 0 Å². The highest BCUT2D eigenvalue weighted by Gasteiger charge is 2.30. The van der Waals surface area contributed by atoms with Crippen LogP contribution in [0.15, 0.2) is 152 Å². The second-order valence-corrected chi connectivity index (χ2v) is 13.4. The SMILES string of the molecule is O=P(c1ccccc1)(c1ccc(-c2cc3cccnc3c3c2ccc2cccnc23)cc1)c1ccc2ccccc2c1. The van der Waals surface area contributed by atoms with Crippen molar-refractivity contribution >= 4 is 66.4 Å². The zero-order chi connectivity index (χ0) is 28.1. The van der Waals surface area contributed by atoms with Crippen molar-refractivity contribution in [3.05, 3.63) is 152 Å². The molecule has 198 valence electrons. The molecule has 0 aliphatic carbocycles. The van der Waals surface area contributed by atoms with Gasteiger partial charge in [0, 0.05) is 44.5 Å². The summed E-state index contributed by atoms with van der Waals surface area (Å²) in [6.45, 7) is 0. The molecule has 0 fully saturated rings. The van der Waals surface area contributed by atoms with Crippen molar-refractivity contribution in [1.29, 1.82) is 0 Å². The van der Waals surface area contributed by atoms with Gasteiger partial charge in [0.15, 0.2) is 7.14 Å². The fraction of sp³-hybridized carbons (Fsp3) is 0. The van der Waals surface area contributed by atoms with Gasteiger partial charge in [0.1, 0.15) is 0 Å². The van der Waals surface area contributed by atoms with Gasteiger partial charge in [-0.25, -0.2) is 0 Å². The third-order valence-electron chi connectivity index (χ3n) is 8.20. The van der Waals surface area contributed by atoms with E-state index in [0.29, 0.717) is 0 Å². The first-order chi connectivity index (χ1) is 20.7. The summed E-state index contributed by atoms with van der Waals surface area (Å²) in [7, 11) is -3.13. The minimum absolute atomic E-state index is 0.812. The van der Waals surface area contributed by atoms with Gasteiger partial charge in [-0.15, -0.1) is 0 Å². The molecule has 2 heterocycles. The topological polar surface area (TPSA) is 42.9 Å². The smallest absolute Gasteiger partial charge is 0.171 e. The van der Waals surface area contributed by atoms with Crippen molar-refractivity contribution in [2.75, 3.05) is 0 Å². The number of pyridine rings is 2. The summed E-state index contributed by atoms with van der Waals surface area (Å²) in [6.07, 6.45) is 3.68. The Kier molecular flexibility index (Phi) is 5.73. The average molecular weight is 557 g/mol. The van der Waals surface area contributed by atoms with Crippen LogP contribution in [0.3, 0.4) is 0 Å². The fourth-order valence-corrected chi connectivity index (χ4v) is 8.79. The first-order valence-corrected chi connectivity index (χ1v) is 15.7. The van der Waals surface area contributed by atoms with Crippen LogP contribution in [0.25, 0.3) is 54.5 Å². The molecule has 0 bridgehead atoms. The van der Waals surface area contributed by atoms with Crippen LogP contribution in [-0.4, -0.2) is 9.97 Å². The molecule has 3 nitrogen and oxygen atoms in total. The molecule has 8 aromatic rings. The van der Waals surface area contributed by atoms with E-state index in [1.165, 1.54) is 0 Å². The molecule has 0 spiro atoms. The van der Waals surface area contributed by atoms with Gasteiger partial charge in [0.2, 0.25) is 0 Å². The van der Waals surface area contributed by atoms with E-state index in [1.807, 2.05) is 85.2 Å². The molecule has 0 radical (unpaired) electrons. The summed E-state index contributed by atoms with van der Waals surface area (Å²) in [5.74, 6) is 0. The Morgan fingerprint density at radius 3 is 1.83 bits per heavy atom. The normalized spacial score (nSPS) is 13.0. The first kappa shape index (κ1) is 24.7. The Hall–Kier alpha value is -5.11. The fourth-order valence-electron chi connectivity index (χ4n) is 6.13. The van der Waals surface area contributed by atoms with Gasteiger partial charge in [-0.1, -0.05) is 115 Å². The van der Waals surface area contributed by atoms with E-state index in [2.05, 4.69) is 66.7 Å². The lowest BCUT2D eigenvalue weighted by Gasteiger charge is -2.21. The number of nitrogens with zero attached hydrogens (tertiary/aromatic N) is 2. The molecule has 0 amide bonds. The highest BCUT2D eigenvalue weighted by Crippen LogP contribution is 2.44. The predicted molar refractivity (Wildman–Crippen MR) is 177 cm³/mol. The largest absolute Gasteiger partial charge is 0.309 e. The summed E-state index contributed by atoms with van der Waals surface area (Å²) >= 11 is 0. The lowest BCUT2D eigenvalue weighted by atomic mass is 9.94. The van der Waals surface area contributed by atoms with E-state index in [9.17, 15) is 0 Å². The molecule has 1 atom stereocenters. The maximum absolute atomic E-state index is 15.2. The molecule has 6 aromatic carbocycles. The van der Waals surface area contributed by atoms with Gasteiger partial charge in [0.05, 0.1) is 11.0 Å². The van der Waals surface area contributed by atoms with Crippen LogP contribution in [0, 0.1) is 0 Å². The van der Waals surface area contributed by atoms with Crippen molar-refractivity contribution in [3.8, 4) is 11.1 Å². The zero-order valence-corrected chi connectivity index (χ0v) is 23.6. The van der Waals surface area contributed by atoms with Crippen molar-refractivity contribution in [2.24, 2.45) is 0 Å². The first-order valence-electron chi connectivity index (χ1n) is 14.0. The summed E-state index contributed by atoms with van der Waals surface area (Å²) in [6, 6.07) is 47.2. The minimum atomic E-state index is -3.13. The quantitative estimate of drug-likeness (QED) is 0.162. The van der Waals surface area contributed by atoms with E-state index in [-0.39, 0.29) is 0 Å². The van der Waals surface area contributed by atoms with Crippen LogP contribution < -0.4 is 15.9 Å². The van der Waals surface area contributed by atoms with Gasteiger partial charge in [-0.3, -0.25) is 9.97 Å². The molecular weight excluding hydrogens is 531 g/mol. The molecule has 0 N–H and O–H groups in total. The number of fused-ring (bicyclic) bond motifs is 6. The maximum atomic E-state index is 15.2. The molecule has 0 aliphatic rings. The van der Waals surface area contributed by atoms with Crippen LogP contribution in [0.4, 0.5) is 0 Å². The third kappa shape index (κ3) is 3.86. The van der Waals surface area contributed by atoms with Gasteiger partial charge < -0.3 is 4.57 Å². The number of benzene rings is 6. The molecule has 1 unspecified atom stereocenters. The van der Waals surface area contributed by atoms with Gasteiger partial charge >= 0.3 is 0 Å². The minimum Gasteiger partial charge on any atom is -0.309 e. The molecule has 8 rings (SSSR count). The Labute approximate surface area is 243 Å². The Balaban J connectivity index is 1.33. The number of rotatable bonds is 4. The lowest BCUT2D eigenvalue weighted by Crippen LogP contribution is -2.25. The average Bonchev–Trinajstić information content (AvgIpc) is 3.07. The Morgan fingerprint density at radius 1 is 0.452 bits per heavy atom. The van der Waals surface area contributed by atoms with Crippen molar-refractivity contribution < 1.29 is 4.57 Å². The van der Waals surface area contributed by atoms with E-state index in [0.717, 1.165) is 70.4 Å². The molecular formula is C38H25N2OP. The highest BCUT2D eigenvalue weighted by molar-refractivity contribution is 7.85. The summed E-state index contributed by atoms with van der Waals surface area (Å²) in [4.78, 5) is 9.51. The highest BCUT2D eigenvalue weighted by atomic mass is 31.2. The maximum Gasteiger partial charge on any atom is 0.171 e. The monoisotopic (exact) mass is 556 g/mol. The molecule has 42 heavy (non-hydrogen) atoms. The van der Waals surface area contributed by atoms with E-state index >= 15 is 4.57 Å². The van der Waals surface area contributed by atoms with Crippen LogP contribution >= 0.6 is 7.14 Å². The zero-order valence-electron chi connectivity index (χ0n) is 22.7. The van der Waals surface area contributed by atoms with Crippen molar-refractivity contribution in [3.63, 3.8) is 0 Å². The number of hydrogen-bond acceptors (Lipinski definition) is 3. The van der Waals surface area contributed by atoms with Crippen LogP contribution in [0.1, 0.15) is 0 Å². The van der Waals surface area contributed by atoms with E-state index in [4.69, 9.17) is 9.97 Å². The molecule has 2 aromatic heterocycles. The summed E-state index contributed by atoms with van der Waals surface area (Å²) < 4.78 is 15.2. The number of aromatic nitrogens is 2. The summed E-state index contributed by atoms with van der Waals surface area (Å²) in [5.41, 5.74) is 4.05. The van der Waals surface area contributed by atoms with E-state index < -0.39 is 7.14 Å². The standard InChI is InChI=1S/C38H25N2OP/c41-42(31-12-2-1-3-13-31,33-20-14-26-8-4-5-9-29(26)24-33)32-18-15-27(16-19-32)35-25-30-11-7-23-40-38(30)36-34(35)21-17-28-10-6-22-39-37(28)36/h1-25H. The molecule has 0 saturated carbocycles. The summed E-state index contributed by atoms with van der Waals surface area (Å²) in [5, 5.41) is 8.99. The second-order valence-electron chi connectivity index (χ2n) is 10.6. The Morgan fingerprint density at radius 2 is 1.05 bits per heavy atom. The number of hydrogen-bond donors (Lipinski definition) is 0. The predicted octanol–water partition coefficient (Wildman–Crippen LogP) is 8.40. The van der Waals surface area contributed by atoms with Crippen molar-refractivity contribution in [1.82, 2.24) is 9.97 Å². The molecule has 0 saturated heterocycles. The van der Waals surface area contributed by atoms with E-state index in [1.54, 1.807) is 0 Å². The van der Waals surface area contributed by atoms with Crippen LogP contribution in [0.5, 0.6) is 0 Å². The second kappa shape index (κ2) is 9.76. The Bertz CT molecular complexity index is 2310. The van der Waals surface area contributed by atoms with Crippen molar-refractivity contribution in [2.45, 2.75) is 0 Å².